The van der Waals surface area contributed by atoms with Gasteiger partial charge in [0, 0.05) is 36.9 Å². The summed E-state index contributed by atoms with van der Waals surface area (Å²) in [5, 5.41) is 3.04. The minimum absolute atomic E-state index is 0.135. The predicted octanol–water partition coefficient (Wildman–Crippen LogP) is 2.80. The summed E-state index contributed by atoms with van der Waals surface area (Å²) in [7, 11) is 0. The van der Waals surface area contributed by atoms with Crippen molar-refractivity contribution in [1.82, 2.24) is 10.2 Å². The van der Waals surface area contributed by atoms with E-state index in [1.54, 1.807) is 0 Å². The number of nitrogens with zero attached hydrogens (tertiary/aromatic N) is 1. The number of nitrogen functional groups attached to an aromatic ring is 1. The molecule has 0 radical (unpaired) electrons. The van der Waals surface area contributed by atoms with Crippen LogP contribution in [0.3, 0.4) is 0 Å². The first kappa shape index (κ1) is 16.5. The summed E-state index contributed by atoms with van der Waals surface area (Å²) in [6.07, 6.45) is 1.82. The second kappa shape index (κ2) is 7.45. The van der Waals surface area contributed by atoms with Crippen LogP contribution in [0.1, 0.15) is 28.8 Å². The molecule has 4 nitrogen and oxygen atoms in total. The molecule has 24 heavy (non-hydrogen) atoms. The highest BCUT2D eigenvalue weighted by molar-refractivity contribution is 5.94. The number of nitrogens with two attached hydrogens (primary N) is 1. The molecule has 2 aromatic rings. The first-order chi connectivity index (χ1) is 11.6. The lowest BCUT2D eigenvalue weighted by Gasteiger charge is -2.32. The third kappa shape index (κ3) is 4.32. The maximum absolute atomic E-state index is 12.9. The van der Waals surface area contributed by atoms with Crippen LogP contribution in [0.25, 0.3) is 0 Å². The number of hydrogen-bond acceptors (Lipinski definition) is 3. The van der Waals surface area contributed by atoms with Crippen molar-refractivity contribution in [2.45, 2.75) is 25.4 Å². The van der Waals surface area contributed by atoms with E-state index in [4.69, 9.17) is 5.73 Å². The lowest BCUT2D eigenvalue weighted by atomic mass is 10.0. The van der Waals surface area contributed by atoms with E-state index in [9.17, 15) is 9.18 Å². The Balaban J connectivity index is 1.48. The molecular formula is C19H22FN3O. The van der Waals surface area contributed by atoms with Gasteiger partial charge >= 0.3 is 0 Å². The Morgan fingerprint density at radius 3 is 2.54 bits per heavy atom. The number of benzene rings is 2. The van der Waals surface area contributed by atoms with E-state index in [1.165, 1.54) is 29.8 Å². The van der Waals surface area contributed by atoms with Gasteiger partial charge in [0.05, 0.1) is 0 Å². The van der Waals surface area contributed by atoms with E-state index in [1.807, 2.05) is 18.2 Å². The van der Waals surface area contributed by atoms with Gasteiger partial charge < -0.3 is 11.1 Å². The molecule has 3 N–H and O–H groups in total. The minimum Gasteiger partial charge on any atom is -0.399 e. The summed E-state index contributed by atoms with van der Waals surface area (Å²) in [5.74, 6) is -0.467. The number of nitrogens with one attached hydrogen (secondary N) is 1. The van der Waals surface area contributed by atoms with Gasteiger partial charge in [0.2, 0.25) is 0 Å². The van der Waals surface area contributed by atoms with Crippen LogP contribution in [0.5, 0.6) is 0 Å². The summed E-state index contributed by atoms with van der Waals surface area (Å²) in [6.45, 7) is 2.75. The zero-order valence-electron chi connectivity index (χ0n) is 13.5. The van der Waals surface area contributed by atoms with E-state index >= 15 is 0 Å². The molecule has 1 amide bonds. The topological polar surface area (TPSA) is 58.4 Å². The summed E-state index contributed by atoms with van der Waals surface area (Å²) in [5.41, 5.74) is 8.31. The van der Waals surface area contributed by atoms with Gasteiger partial charge in [0.15, 0.2) is 0 Å². The lowest BCUT2D eigenvalue weighted by molar-refractivity contribution is 0.0909. The Morgan fingerprint density at radius 2 is 1.88 bits per heavy atom. The highest BCUT2D eigenvalue weighted by atomic mass is 19.1. The van der Waals surface area contributed by atoms with Gasteiger partial charge in [-0.05, 0) is 54.8 Å². The number of hydrogen-bond donors (Lipinski definition) is 2. The fourth-order valence-electron chi connectivity index (χ4n) is 3.06. The number of likely N-dealkylation sites (tertiary alicyclic amines) is 1. The number of carbonyl (C=O) groups is 1. The number of carbonyl (C=O) groups excluding carboxylic acids is 1. The molecule has 1 saturated heterocycles. The second-order valence-corrected chi connectivity index (χ2v) is 6.28. The SMILES string of the molecule is Nc1cccc(CN2CCC(NC(=O)c3ccc(F)cc3)CC2)c1. The van der Waals surface area contributed by atoms with Crippen molar-refractivity contribution in [3.8, 4) is 0 Å². The Bertz CT molecular complexity index is 694. The number of rotatable bonds is 4. The maximum Gasteiger partial charge on any atom is 0.251 e. The van der Waals surface area contributed by atoms with Crippen LogP contribution in [-0.4, -0.2) is 29.9 Å². The molecule has 1 heterocycles. The van der Waals surface area contributed by atoms with Gasteiger partial charge in [0.1, 0.15) is 5.82 Å². The maximum atomic E-state index is 12.9. The van der Waals surface area contributed by atoms with Gasteiger partial charge in [-0.2, -0.15) is 0 Å². The molecule has 0 saturated carbocycles. The third-order valence-corrected chi connectivity index (χ3v) is 4.39. The number of anilines is 1. The van der Waals surface area contributed by atoms with Crippen LogP contribution >= 0.6 is 0 Å². The Kier molecular flexibility index (Phi) is 5.11. The number of piperidine rings is 1. The lowest BCUT2D eigenvalue weighted by Crippen LogP contribution is -2.44. The quantitative estimate of drug-likeness (QED) is 0.849. The molecular weight excluding hydrogens is 305 g/mol. The summed E-state index contributed by atoms with van der Waals surface area (Å²) >= 11 is 0. The van der Waals surface area contributed by atoms with Crippen LogP contribution < -0.4 is 11.1 Å². The van der Waals surface area contributed by atoms with Gasteiger partial charge in [-0.1, -0.05) is 12.1 Å². The number of amides is 1. The molecule has 3 rings (SSSR count). The van der Waals surface area contributed by atoms with Crippen molar-refractivity contribution in [2.75, 3.05) is 18.8 Å². The van der Waals surface area contributed by atoms with Crippen molar-refractivity contribution < 1.29 is 9.18 Å². The fraction of sp³-hybridized carbons (Fsp3) is 0.316. The zero-order chi connectivity index (χ0) is 16.9. The minimum atomic E-state index is -0.332. The molecule has 0 unspecified atom stereocenters. The van der Waals surface area contributed by atoms with Crippen LogP contribution in [0, 0.1) is 5.82 Å². The van der Waals surface area contributed by atoms with Crippen LogP contribution in [0.2, 0.25) is 0 Å². The summed E-state index contributed by atoms with van der Waals surface area (Å²) in [6, 6.07) is 13.8. The van der Waals surface area contributed by atoms with Crippen LogP contribution in [0.15, 0.2) is 48.5 Å². The molecule has 5 heteroatoms. The van der Waals surface area contributed by atoms with Crippen molar-refractivity contribution in [1.29, 1.82) is 0 Å². The predicted molar refractivity (Wildman–Crippen MR) is 93.0 cm³/mol. The molecule has 0 bridgehead atoms. The Hall–Kier alpha value is -2.40. The molecule has 126 valence electrons. The van der Waals surface area contributed by atoms with E-state index in [0.717, 1.165) is 38.2 Å². The van der Waals surface area contributed by atoms with Crippen molar-refractivity contribution >= 4 is 11.6 Å². The molecule has 0 aromatic heterocycles. The highest BCUT2D eigenvalue weighted by Gasteiger charge is 2.21. The zero-order valence-corrected chi connectivity index (χ0v) is 13.5. The van der Waals surface area contributed by atoms with Crippen LogP contribution in [0.4, 0.5) is 10.1 Å². The average molecular weight is 327 g/mol. The molecule has 0 aliphatic carbocycles. The van der Waals surface area contributed by atoms with E-state index in [2.05, 4.69) is 16.3 Å². The van der Waals surface area contributed by atoms with Crippen molar-refractivity contribution in [3.63, 3.8) is 0 Å². The number of halogens is 1. The molecule has 0 spiro atoms. The van der Waals surface area contributed by atoms with E-state index < -0.39 is 0 Å². The van der Waals surface area contributed by atoms with Gasteiger partial charge in [0.25, 0.3) is 5.91 Å². The molecule has 0 atom stereocenters. The first-order valence-electron chi connectivity index (χ1n) is 8.23. The Morgan fingerprint density at radius 1 is 1.17 bits per heavy atom. The van der Waals surface area contributed by atoms with Gasteiger partial charge in [-0.3, -0.25) is 9.69 Å². The monoisotopic (exact) mass is 327 g/mol. The standard InChI is InChI=1S/C19H22FN3O/c20-16-6-4-15(5-7-16)19(24)22-18-8-10-23(11-9-18)13-14-2-1-3-17(21)12-14/h1-7,12,18H,8-11,13,21H2,(H,22,24). The first-order valence-corrected chi connectivity index (χ1v) is 8.23. The van der Waals surface area contributed by atoms with Gasteiger partial charge in [-0.25, -0.2) is 4.39 Å². The summed E-state index contributed by atoms with van der Waals surface area (Å²) in [4.78, 5) is 14.5. The molecule has 1 aliphatic rings. The average Bonchev–Trinajstić information content (AvgIpc) is 2.57. The second-order valence-electron chi connectivity index (χ2n) is 6.28. The third-order valence-electron chi connectivity index (χ3n) is 4.39. The smallest absolute Gasteiger partial charge is 0.251 e. The van der Waals surface area contributed by atoms with Gasteiger partial charge in [-0.15, -0.1) is 0 Å². The molecule has 2 aromatic carbocycles. The van der Waals surface area contributed by atoms with E-state index in [-0.39, 0.29) is 17.8 Å². The largest absolute Gasteiger partial charge is 0.399 e. The summed E-state index contributed by atoms with van der Waals surface area (Å²) < 4.78 is 12.9. The highest BCUT2D eigenvalue weighted by Crippen LogP contribution is 2.16. The Labute approximate surface area is 141 Å². The molecule has 1 aliphatic heterocycles. The van der Waals surface area contributed by atoms with E-state index in [0.29, 0.717) is 5.56 Å². The van der Waals surface area contributed by atoms with Crippen LogP contribution in [-0.2, 0) is 6.54 Å². The molecule has 1 fully saturated rings. The normalized spacial score (nSPS) is 16.0. The van der Waals surface area contributed by atoms with Crippen molar-refractivity contribution in [2.24, 2.45) is 0 Å². The van der Waals surface area contributed by atoms with Crippen molar-refractivity contribution in [3.05, 3.63) is 65.5 Å². The fourth-order valence-corrected chi connectivity index (χ4v) is 3.06.